The molecule has 1 aliphatic rings. The number of methoxy groups -OCH3 is 1. The molecule has 0 saturated heterocycles. The first-order chi connectivity index (χ1) is 24.0. The Hall–Kier alpha value is -5.53. The number of hydrogen-bond acceptors (Lipinski definition) is 8. The topological polar surface area (TPSA) is 126 Å². The van der Waals surface area contributed by atoms with Crippen LogP contribution in [-0.2, 0) is 37.9 Å². The van der Waals surface area contributed by atoms with Crippen molar-refractivity contribution in [1.82, 2.24) is 24.4 Å². The molecule has 11 nitrogen and oxygen atoms in total. The van der Waals surface area contributed by atoms with Crippen molar-refractivity contribution < 1.29 is 23.1 Å². The number of halogens is 2. The summed E-state index contributed by atoms with van der Waals surface area (Å²) in [4.78, 5) is 41.7. The Morgan fingerprint density at radius 1 is 0.900 bits per heavy atom. The molecule has 5 aromatic rings. The number of likely N-dealkylation sites (N-methyl/N-ethyl adjacent to an activating group) is 1. The van der Waals surface area contributed by atoms with Gasteiger partial charge in [0, 0.05) is 69.6 Å². The quantitative estimate of drug-likeness (QED) is 0.164. The fourth-order valence-corrected chi connectivity index (χ4v) is 6.10. The molecule has 0 saturated carbocycles. The lowest BCUT2D eigenvalue weighted by Crippen LogP contribution is -2.27. The number of nitrogens with zero attached hydrogens (tertiary/aromatic N) is 5. The predicted molar refractivity (Wildman–Crippen MR) is 187 cm³/mol. The molecule has 3 N–H and O–H groups in total. The van der Waals surface area contributed by atoms with Crippen LogP contribution in [0.4, 0.5) is 25.8 Å². The minimum Gasteiger partial charge on any atom is -0.380 e. The van der Waals surface area contributed by atoms with Crippen molar-refractivity contribution >= 4 is 28.9 Å². The zero-order valence-corrected chi connectivity index (χ0v) is 28.5. The van der Waals surface area contributed by atoms with E-state index in [1.165, 1.54) is 12.3 Å². The lowest BCUT2D eigenvalue weighted by Gasteiger charge is -2.21. The maximum Gasteiger partial charge on any atom is 0.291 e. The second-order valence-corrected chi connectivity index (χ2v) is 12.3. The zero-order chi connectivity index (χ0) is 35.5. The molecule has 50 heavy (non-hydrogen) atoms. The van der Waals surface area contributed by atoms with Crippen molar-refractivity contribution in [3.05, 3.63) is 118 Å². The number of carbonyl (C=O) groups is 2. The summed E-state index contributed by atoms with van der Waals surface area (Å²) in [5, 5.41) is 8.66. The highest BCUT2D eigenvalue weighted by molar-refractivity contribution is 6.04. The molecule has 0 unspecified atom stereocenters. The van der Waals surface area contributed by atoms with E-state index >= 15 is 4.39 Å². The minimum atomic E-state index is -0.608. The van der Waals surface area contributed by atoms with E-state index in [9.17, 15) is 14.0 Å². The van der Waals surface area contributed by atoms with Crippen molar-refractivity contribution in [2.45, 2.75) is 40.0 Å². The average Bonchev–Trinajstić information content (AvgIpc) is 3.43. The third kappa shape index (κ3) is 6.96. The fraction of sp³-hybridized carbons (Fsp3) is 0.270. The van der Waals surface area contributed by atoms with E-state index in [1.54, 1.807) is 81.2 Å². The minimum absolute atomic E-state index is 0.0192. The van der Waals surface area contributed by atoms with E-state index in [4.69, 9.17) is 4.74 Å². The number of amides is 2. The van der Waals surface area contributed by atoms with Crippen LogP contribution < -0.4 is 16.0 Å². The number of imidazole rings is 1. The Morgan fingerprint density at radius 2 is 1.64 bits per heavy atom. The van der Waals surface area contributed by atoms with Crippen LogP contribution >= 0.6 is 0 Å². The number of benzene rings is 2. The van der Waals surface area contributed by atoms with Crippen molar-refractivity contribution in [1.29, 1.82) is 0 Å². The fourth-order valence-electron chi connectivity index (χ4n) is 6.10. The van der Waals surface area contributed by atoms with Gasteiger partial charge in [0.2, 0.25) is 0 Å². The number of ether oxygens (including phenoxy) is 1. The van der Waals surface area contributed by atoms with Gasteiger partial charge in [0.05, 0.1) is 29.4 Å². The molecule has 3 aromatic heterocycles. The second-order valence-electron chi connectivity index (χ2n) is 12.3. The number of aromatic nitrogens is 4. The number of rotatable bonds is 10. The van der Waals surface area contributed by atoms with Gasteiger partial charge in [-0.1, -0.05) is 24.3 Å². The monoisotopic (exact) mass is 680 g/mol. The van der Waals surface area contributed by atoms with Gasteiger partial charge in [-0.15, -0.1) is 0 Å². The van der Waals surface area contributed by atoms with Crippen LogP contribution in [0, 0.1) is 25.5 Å². The molecule has 13 heteroatoms. The van der Waals surface area contributed by atoms with Crippen molar-refractivity contribution in [3.8, 4) is 11.1 Å². The molecular weight excluding hydrogens is 642 g/mol. The number of nitrogens with one attached hydrogen (secondary N) is 3. The molecule has 258 valence electrons. The van der Waals surface area contributed by atoms with Crippen LogP contribution in [0.1, 0.15) is 54.9 Å². The highest BCUT2D eigenvalue weighted by Crippen LogP contribution is 2.34. The first-order valence-electron chi connectivity index (χ1n) is 16.1. The van der Waals surface area contributed by atoms with Crippen LogP contribution in [0.15, 0.2) is 60.9 Å². The van der Waals surface area contributed by atoms with Gasteiger partial charge in [0.25, 0.3) is 11.8 Å². The van der Waals surface area contributed by atoms with Crippen LogP contribution in [0.2, 0.25) is 0 Å². The first kappa shape index (κ1) is 34.3. The molecule has 0 spiro atoms. The predicted octanol–water partition coefficient (Wildman–Crippen LogP) is 6.02. The number of pyridine rings is 2. The third-order valence-electron chi connectivity index (χ3n) is 8.92. The van der Waals surface area contributed by atoms with Gasteiger partial charge in [-0.05, 0) is 67.4 Å². The molecule has 0 atom stereocenters. The summed E-state index contributed by atoms with van der Waals surface area (Å²) in [6.07, 6.45) is 3.86. The summed E-state index contributed by atoms with van der Waals surface area (Å²) >= 11 is 0. The Bertz CT molecular complexity index is 2100. The zero-order valence-electron chi connectivity index (χ0n) is 28.5. The highest BCUT2D eigenvalue weighted by atomic mass is 19.1. The SMILES string of the molecule is COCc1cc(C(=O)Nc2cccc(-c3cccc(NC(=O)c4nc5c(n4C)CCN(C)C5)c3F)c2C)ncc1CNc1ccnc(C)c1F. The molecule has 2 amide bonds. The summed E-state index contributed by atoms with van der Waals surface area (Å²) in [5.74, 6) is -1.79. The van der Waals surface area contributed by atoms with Crippen LogP contribution in [0.3, 0.4) is 0 Å². The number of fused-ring (bicyclic) bond motifs is 1. The Balaban J connectivity index is 1.19. The van der Waals surface area contributed by atoms with Crippen molar-refractivity contribution in [3.63, 3.8) is 0 Å². The summed E-state index contributed by atoms with van der Waals surface area (Å²) in [6.45, 7) is 5.35. The summed E-state index contributed by atoms with van der Waals surface area (Å²) < 4.78 is 37.6. The van der Waals surface area contributed by atoms with E-state index in [-0.39, 0.29) is 41.6 Å². The van der Waals surface area contributed by atoms with E-state index in [2.05, 4.69) is 35.8 Å². The number of anilines is 3. The summed E-state index contributed by atoms with van der Waals surface area (Å²) in [5.41, 5.74) is 5.93. The van der Waals surface area contributed by atoms with Gasteiger partial charge in [0.15, 0.2) is 17.5 Å². The van der Waals surface area contributed by atoms with Gasteiger partial charge < -0.3 is 30.2 Å². The molecule has 6 rings (SSSR count). The molecule has 2 aromatic carbocycles. The Labute approximate surface area is 288 Å². The van der Waals surface area contributed by atoms with Crippen LogP contribution in [0.25, 0.3) is 11.1 Å². The standard InChI is InChI=1S/C37H38F2N8O3/c1-21-25(26-9-7-11-29(34(26)39)45-37(49)35-43-31-19-46(3)15-13-32(31)47(35)4)8-6-10-27(21)44-36(48)30-16-23(20-50-5)24(18-42-30)17-41-28-12-14-40-22(2)33(28)38/h6-12,14,16,18H,13,15,17,19-20H2,1-5H3,(H,40,41)(H,44,48)(H,45,49). The Morgan fingerprint density at radius 3 is 2.42 bits per heavy atom. The summed E-state index contributed by atoms with van der Waals surface area (Å²) in [7, 11) is 5.35. The molecule has 1 aliphatic heterocycles. The highest BCUT2D eigenvalue weighted by Gasteiger charge is 2.25. The third-order valence-corrected chi connectivity index (χ3v) is 8.92. The van der Waals surface area contributed by atoms with E-state index in [1.807, 2.05) is 7.05 Å². The van der Waals surface area contributed by atoms with Gasteiger partial charge in [-0.2, -0.15) is 0 Å². The maximum atomic E-state index is 16.0. The number of hydrogen-bond donors (Lipinski definition) is 3. The summed E-state index contributed by atoms with van der Waals surface area (Å²) in [6, 6.07) is 13.2. The van der Waals surface area contributed by atoms with Crippen LogP contribution in [-0.4, -0.2) is 56.9 Å². The van der Waals surface area contributed by atoms with Crippen molar-refractivity contribution in [2.24, 2.45) is 7.05 Å². The smallest absolute Gasteiger partial charge is 0.291 e. The van der Waals surface area contributed by atoms with Gasteiger partial charge >= 0.3 is 0 Å². The van der Waals surface area contributed by atoms with Gasteiger partial charge in [0.1, 0.15) is 5.69 Å². The van der Waals surface area contributed by atoms with Gasteiger partial charge in [-0.25, -0.2) is 13.8 Å². The lowest BCUT2D eigenvalue weighted by molar-refractivity contribution is 0.100. The number of aryl methyl sites for hydroxylation is 1. The second kappa shape index (κ2) is 14.5. The molecular formula is C37H38F2N8O3. The lowest BCUT2D eigenvalue weighted by atomic mass is 9.98. The van der Waals surface area contributed by atoms with Crippen molar-refractivity contribution in [2.75, 3.05) is 36.7 Å². The van der Waals surface area contributed by atoms with Crippen LogP contribution in [0.5, 0.6) is 0 Å². The molecule has 0 bridgehead atoms. The average molecular weight is 681 g/mol. The molecule has 0 fully saturated rings. The van der Waals surface area contributed by atoms with E-state index in [0.717, 1.165) is 29.9 Å². The number of carbonyl (C=O) groups excluding carboxylic acids is 2. The molecule has 4 heterocycles. The normalized spacial score (nSPS) is 12.8. The van der Waals surface area contributed by atoms with Gasteiger partial charge in [-0.3, -0.25) is 19.6 Å². The van der Waals surface area contributed by atoms with E-state index in [0.29, 0.717) is 34.6 Å². The largest absolute Gasteiger partial charge is 0.380 e. The van der Waals surface area contributed by atoms with E-state index < -0.39 is 23.4 Å². The Kier molecular flexibility index (Phi) is 9.98. The molecule has 0 aliphatic carbocycles. The molecule has 0 radical (unpaired) electrons. The first-order valence-corrected chi connectivity index (χ1v) is 16.1. The maximum absolute atomic E-state index is 16.0.